The van der Waals surface area contributed by atoms with Gasteiger partial charge in [-0.25, -0.2) is 0 Å². The number of halogens is 1. The van der Waals surface area contributed by atoms with E-state index in [2.05, 4.69) is 10.6 Å². The lowest BCUT2D eigenvalue weighted by Crippen LogP contribution is -2.58. The molecule has 2 N–H and O–H groups in total. The summed E-state index contributed by atoms with van der Waals surface area (Å²) in [4.78, 5) is 11.9. The molecule has 0 aromatic rings. The molecule has 0 aromatic carbocycles. The maximum atomic E-state index is 11.9. The average molecular weight is 205 g/mol. The van der Waals surface area contributed by atoms with Crippen molar-refractivity contribution < 1.29 is 4.79 Å². The van der Waals surface area contributed by atoms with Crippen LogP contribution in [-0.2, 0) is 4.79 Å². The summed E-state index contributed by atoms with van der Waals surface area (Å²) >= 11 is 6.04. The molecule has 1 aliphatic heterocycles. The van der Waals surface area contributed by atoms with Crippen LogP contribution in [0.2, 0.25) is 0 Å². The van der Waals surface area contributed by atoms with Gasteiger partial charge in [0.2, 0.25) is 0 Å². The van der Waals surface area contributed by atoms with E-state index in [1.54, 1.807) is 0 Å². The van der Waals surface area contributed by atoms with E-state index in [1.165, 1.54) is 0 Å². The van der Waals surface area contributed by atoms with Crippen LogP contribution in [0.25, 0.3) is 0 Å². The Hall–Kier alpha value is -0.120. The van der Waals surface area contributed by atoms with Gasteiger partial charge in [-0.05, 0) is 0 Å². The van der Waals surface area contributed by atoms with Crippen molar-refractivity contribution in [3.63, 3.8) is 0 Å². The van der Waals surface area contributed by atoms with Crippen LogP contribution in [0, 0.1) is 5.41 Å². The third-order valence-electron chi connectivity index (χ3n) is 2.17. The number of carbonyl (C=O) groups is 1. The smallest absolute Gasteiger partial charge is 0.156 e. The predicted octanol–water partition coefficient (Wildman–Crippen LogP) is 0.728. The summed E-state index contributed by atoms with van der Waals surface area (Å²) in [5.41, 5.74) is -0.317. The van der Waals surface area contributed by atoms with Gasteiger partial charge < -0.3 is 5.32 Å². The molecule has 0 aromatic heterocycles. The monoisotopic (exact) mass is 204 g/mol. The van der Waals surface area contributed by atoms with E-state index in [9.17, 15) is 4.79 Å². The number of alkyl halides is 1. The second-order valence-electron chi connectivity index (χ2n) is 4.44. The molecule has 1 fully saturated rings. The van der Waals surface area contributed by atoms with Crippen LogP contribution in [-0.4, -0.2) is 30.4 Å². The van der Waals surface area contributed by atoms with Crippen LogP contribution in [0.1, 0.15) is 20.8 Å². The second-order valence-corrected chi connectivity index (χ2v) is 5.00. The molecule has 2 atom stereocenters. The Kier molecular flexibility index (Phi) is 3.33. The first kappa shape index (κ1) is 11.0. The number of ketones is 1. The van der Waals surface area contributed by atoms with Crippen LogP contribution in [0.3, 0.4) is 0 Å². The Morgan fingerprint density at radius 1 is 1.46 bits per heavy atom. The van der Waals surface area contributed by atoms with Gasteiger partial charge in [-0.2, -0.15) is 0 Å². The highest BCUT2D eigenvalue weighted by atomic mass is 35.5. The molecule has 0 amide bonds. The van der Waals surface area contributed by atoms with Crippen LogP contribution < -0.4 is 10.6 Å². The van der Waals surface area contributed by atoms with Gasteiger partial charge in [0.25, 0.3) is 0 Å². The molecule has 0 spiro atoms. The van der Waals surface area contributed by atoms with Crippen molar-refractivity contribution in [1.29, 1.82) is 0 Å². The van der Waals surface area contributed by atoms with E-state index >= 15 is 0 Å². The van der Waals surface area contributed by atoms with Crippen molar-refractivity contribution in [3.8, 4) is 0 Å². The molecule has 0 bridgehead atoms. The van der Waals surface area contributed by atoms with Crippen LogP contribution in [0.15, 0.2) is 0 Å². The highest BCUT2D eigenvalue weighted by molar-refractivity contribution is 6.23. The number of hydrogen-bond acceptors (Lipinski definition) is 3. The minimum Gasteiger partial charge on any atom is -0.303 e. The molecule has 76 valence electrons. The van der Waals surface area contributed by atoms with E-state index in [1.807, 2.05) is 20.8 Å². The first-order chi connectivity index (χ1) is 5.93. The van der Waals surface area contributed by atoms with Crippen molar-refractivity contribution in [1.82, 2.24) is 10.6 Å². The van der Waals surface area contributed by atoms with Crippen molar-refractivity contribution in [2.75, 3.05) is 13.2 Å². The normalized spacial score (nSPS) is 30.2. The number of rotatable bonds is 1. The van der Waals surface area contributed by atoms with E-state index < -0.39 is 0 Å². The Labute approximate surface area is 84.2 Å². The quantitative estimate of drug-likeness (QED) is 0.619. The fraction of sp³-hybridized carbons (Fsp3) is 0.889. The first-order valence-electron chi connectivity index (χ1n) is 4.55. The van der Waals surface area contributed by atoms with E-state index in [0.29, 0.717) is 13.2 Å². The number of carbonyl (C=O) groups excluding carboxylic acids is 1. The second kappa shape index (κ2) is 3.95. The lowest BCUT2D eigenvalue weighted by Gasteiger charge is -2.32. The molecule has 1 heterocycles. The maximum absolute atomic E-state index is 11.9. The van der Waals surface area contributed by atoms with Gasteiger partial charge in [-0.3, -0.25) is 10.1 Å². The molecule has 13 heavy (non-hydrogen) atoms. The van der Waals surface area contributed by atoms with E-state index in [-0.39, 0.29) is 22.6 Å². The summed E-state index contributed by atoms with van der Waals surface area (Å²) in [6.45, 7) is 7.12. The Morgan fingerprint density at radius 3 is 2.54 bits per heavy atom. The molecule has 2 unspecified atom stereocenters. The molecular formula is C9H17ClN2O. The summed E-state index contributed by atoms with van der Waals surface area (Å²) in [5, 5.41) is 6.02. The highest BCUT2D eigenvalue weighted by Gasteiger charge is 2.35. The summed E-state index contributed by atoms with van der Waals surface area (Å²) in [7, 11) is 0. The van der Waals surface area contributed by atoms with Gasteiger partial charge in [0, 0.05) is 18.6 Å². The van der Waals surface area contributed by atoms with Crippen LogP contribution >= 0.6 is 11.6 Å². The van der Waals surface area contributed by atoms with Crippen LogP contribution in [0.4, 0.5) is 0 Å². The van der Waals surface area contributed by atoms with Gasteiger partial charge in [-0.15, -0.1) is 11.6 Å². The summed E-state index contributed by atoms with van der Waals surface area (Å²) in [6, 6.07) is -0.206. The van der Waals surface area contributed by atoms with Crippen molar-refractivity contribution in [2.45, 2.75) is 32.2 Å². The van der Waals surface area contributed by atoms with Gasteiger partial charge >= 0.3 is 0 Å². The Bertz CT molecular complexity index is 200. The molecular weight excluding hydrogens is 188 g/mol. The van der Waals surface area contributed by atoms with Crippen molar-refractivity contribution in [3.05, 3.63) is 0 Å². The molecule has 0 saturated carbocycles. The van der Waals surface area contributed by atoms with Gasteiger partial charge in [0.1, 0.15) is 0 Å². The van der Waals surface area contributed by atoms with Gasteiger partial charge in [-0.1, -0.05) is 20.8 Å². The summed E-state index contributed by atoms with van der Waals surface area (Å²) < 4.78 is 0. The minimum absolute atomic E-state index is 0.138. The van der Waals surface area contributed by atoms with Gasteiger partial charge in [0.15, 0.2) is 5.78 Å². The van der Waals surface area contributed by atoms with Crippen molar-refractivity contribution in [2.24, 2.45) is 5.41 Å². The lowest BCUT2D eigenvalue weighted by molar-refractivity contribution is -0.128. The molecule has 1 rings (SSSR count). The number of hydrogen-bond donors (Lipinski definition) is 2. The highest BCUT2D eigenvalue weighted by Crippen LogP contribution is 2.20. The lowest BCUT2D eigenvalue weighted by atomic mass is 9.85. The largest absolute Gasteiger partial charge is 0.303 e. The third-order valence-corrected chi connectivity index (χ3v) is 2.58. The molecule has 1 saturated heterocycles. The predicted molar refractivity (Wildman–Crippen MR) is 53.9 cm³/mol. The summed E-state index contributed by atoms with van der Waals surface area (Å²) in [6.07, 6.45) is 0. The van der Waals surface area contributed by atoms with Crippen LogP contribution in [0.5, 0.6) is 0 Å². The molecule has 0 radical (unpaired) electrons. The van der Waals surface area contributed by atoms with E-state index in [0.717, 1.165) is 0 Å². The zero-order valence-electron chi connectivity index (χ0n) is 8.36. The molecule has 3 nitrogen and oxygen atoms in total. The number of Topliss-reactive ketones (excluding diaryl/α,β-unsaturated/α-hetero) is 1. The van der Waals surface area contributed by atoms with E-state index in [4.69, 9.17) is 11.6 Å². The third kappa shape index (κ3) is 2.66. The molecule has 4 heteroatoms. The minimum atomic E-state index is -0.317. The Balaban J connectivity index is 2.64. The Morgan fingerprint density at radius 2 is 2.08 bits per heavy atom. The standard InChI is InChI=1S/C9H17ClN2O/c1-9(2,3)8(13)7-6(10)4-11-5-12-7/h6-7,11-12H,4-5H2,1-3H3. The topological polar surface area (TPSA) is 41.1 Å². The zero-order chi connectivity index (χ0) is 10.1. The molecule has 1 aliphatic rings. The average Bonchev–Trinajstić information content (AvgIpc) is 2.02. The fourth-order valence-corrected chi connectivity index (χ4v) is 1.67. The maximum Gasteiger partial charge on any atom is 0.156 e. The van der Waals surface area contributed by atoms with Gasteiger partial charge in [0.05, 0.1) is 11.4 Å². The first-order valence-corrected chi connectivity index (χ1v) is 4.99. The summed E-state index contributed by atoms with van der Waals surface area (Å²) in [5.74, 6) is 0.189. The van der Waals surface area contributed by atoms with Crippen molar-refractivity contribution >= 4 is 17.4 Å². The fourth-order valence-electron chi connectivity index (χ4n) is 1.36. The molecule has 0 aliphatic carbocycles. The number of nitrogens with one attached hydrogen (secondary N) is 2. The zero-order valence-corrected chi connectivity index (χ0v) is 9.11. The SMILES string of the molecule is CC(C)(C)C(=O)C1NCNCC1Cl.